The monoisotopic (exact) mass is 473 g/mol. The third-order valence-corrected chi connectivity index (χ3v) is 4.88. The second-order valence-corrected chi connectivity index (χ2v) is 7.20. The molecule has 1 heterocycles. The number of nitrogens with one attached hydrogen (secondary N) is 1. The fourth-order valence-electron chi connectivity index (χ4n) is 3.24. The molecule has 10 heteroatoms. The second-order valence-electron chi connectivity index (χ2n) is 7.20. The van der Waals surface area contributed by atoms with Crippen LogP contribution in [-0.4, -0.2) is 21.8 Å². The average Bonchev–Trinajstić information content (AvgIpc) is 3.29. The van der Waals surface area contributed by atoms with Gasteiger partial charge in [-0.3, -0.25) is 9.36 Å². The fraction of sp³-hybridized carbons (Fsp3) is 0.0833. The highest BCUT2D eigenvalue weighted by atomic mass is 19.4. The van der Waals surface area contributed by atoms with Gasteiger partial charge in [0.15, 0.2) is 11.6 Å². The Labute approximate surface area is 190 Å². The molecule has 0 saturated carbocycles. The molecule has 0 aliphatic rings. The van der Waals surface area contributed by atoms with E-state index in [0.29, 0.717) is 22.4 Å². The highest BCUT2D eigenvalue weighted by Gasteiger charge is 2.30. The van der Waals surface area contributed by atoms with Crippen molar-refractivity contribution >= 4 is 5.91 Å². The zero-order valence-corrected chi connectivity index (χ0v) is 17.3. The van der Waals surface area contributed by atoms with E-state index in [1.807, 2.05) is 0 Å². The number of ether oxygens (including phenoxy) is 1. The van der Waals surface area contributed by atoms with Crippen LogP contribution in [-0.2, 0) is 6.54 Å². The van der Waals surface area contributed by atoms with Gasteiger partial charge < -0.3 is 10.1 Å². The van der Waals surface area contributed by atoms with Crippen LogP contribution in [0.15, 0.2) is 79.3 Å². The lowest BCUT2D eigenvalue weighted by molar-refractivity contribution is -0.274. The van der Waals surface area contributed by atoms with E-state index in [1.54, 1.807) is 28.8 Å². The summed E-state index contributed by atoms with van der Waals surface area (Å²) < 4.78 is 68.8. The minimum atomic E-state index is -4.78. The van der Waals surface area contributed by atoms with E-state index >= 15 is 0 Å². The van der Waals surface area contributed by atoms with E-state index in [0.717, 1.165) is 24.3 Å². The molecule has 0 radical (unpaired) electrons. The maximum Gasteiger partial charge on any atom is 0.573 e. The van der Waals surface area contributed by atoms with Gasteiger partial charge >= 0.3 is 6.36 Å². The third-order valence-electron chi connectivity index (χ3n) is 4.88. The Hall–Kier alpha value is -4.21. The number of hydrogen-bond donors (Lipinski definition) is 1. The summed E-state index contributed by atoms with van der Waals surface area (Å²) >= 11 is 0. The molecular weight excluding hydrogens is 457 g/mol. The minimum absolute atomic E-state index is 0.0748. The van der Waals surface area contributed by atoms with Gasteiger partial charge in [-0.15, -0.1) is 13.2 Å². The van der Waals surface area contributed by atoms with Gasteiger partial charge in [0.25, 0.3) is 5.91 Å². The average molecular weight is 473 g/mol. The topological polar surface area (TPSA) is 56.1 Å². The van der Waals surface area contributed by atoms with Gasteiger partial charge in [0.05, 0.1) is 12.5 Å². The first kappa shape index (κ1) is 23.0. The van der Waals surface area contributed by atoms with Crippen molar-refractivity contribution in [1.29, 1.82) is 0 Å². The SMILES string of the molecule is O=C(NCc1ccc(OC(F)(F)F)cc1)c1cncn1-c1ccc(-c2ccc(F)c(F)c2)cc1. The summed E-state index contributed by atoms with van der Waals surface area (Å²) in [5.74, 6) is -2.68. The molecule has 0 saturated heterocycles. The van der Waals surface area contributed by atoms with Gasteiger partial charge in [0.1, 0.15) is 11.4 Å². The molecule has 4 rings (SSSR count). The van der Waals surface area contributed by atoms with Gasteiger partial charge in [-0.05, 0) is 53.1 Å². The van der Waals surface area contributed by atoms with Crippen LogP contribution in [0.4, 0.5) is 22.0 Å². The highest BCUT2D eigenvalue weighted by molar-refractivity contribution is 5.93. The molecule has 1 N–H and O–H groups in total. The van der Waals surface area contributed by atoms with Crippen molar-refractivity contribution in [3.05, 3.63) is 102 Å². The van der Waals surface area contributed by atoms with E-state index in [9.17, 15) is 26.7 Å². The number of aromatic nitrogens is 2. The van der Waals surface area contributed by atoms with Gasteiger partial charge in [0, 0.05) is 12.2 Å². The quantitative estimate of drug-likeness (QED) is 0.369. The molecular formula is C24H16F5N3O2. The number of alkyl halides is 3. The van der Waals surface area contributed by atoms with Crippen molar-refractivity contribution in [1.82, 2.24) is 14.9 Å². The van der Waals surface area contributed by atoms with Crippen LogP contribution in [0.5, 0.6) is 5.75 Å². The van der Waals surface area contributed by atoms with Crippen LogP contribution in [0.2, 0.25) is 0 Å². The summed E-state index contributed by atoms with van der Waals surface area (Å²) in [6, 6.07) is 15.6. The summed E-state index contributed by atoms with van der Waals surface area (Å²) in [4.78, 5) is 16.7. The summed E-state index contributed by atoms with van der Waals surface area (Å²) in [6.07, 6.45) is -1.95. The molecule has 0 fully saturated rings. The normalized spacial score (nSPS) is 11.3. The number of hydrogen-bond acceptors (Lipinski definition) is 3. The Morgan fingerprint density at radius 1 is 0.912 bits per heavy atom. The Balaban J connectivity index is 1.44. The zero-order chi connectivity index (χ0) is 24.3. The zero-order valence-electron chi connectivity index (χ0n) is 17.3. The number of rotatable bonds is 6. The van der Waals surface area contributed by atoms with Crippen molar-refractivity contribution in [2.24, 2.45) is 0 Å². The highest BCUT2D eigenvalue weighted by Crippen LogP contribution is 2.24. The number of carbonyl (C=O) groups is 1. The molecule has 1 aromatic heterocycles. The predicted molar refractivity (Wildman–Crippen MR) is 113 cm³/mol. The van der Waals surface area contributed by atoms with Crippen LogP contribution < -0.4 is 10.1 Å². The molecule has 174 valence electrons. The Kier molecular flexibility index (Phi) is 6.31. The molecule has 5 nitrogen and oxygen atoms in total. The smallest absolute Gasteiger partial charge is 0.406 e. The molecule has 0 aliphatic carbocycles. The lowest BCUT2D eigenvalue weighted by Gasteiger charge is -2.11. The fourth-order valence-corrected chi connectivity index (χ4v) is 3.24. The van der Waals surface area contributed by atoms with Crippen LogP contribution in [0.1, 0.15) is 16.1 Å². The van der Waals surface area contributed by atoms with Gasteiger partial charge in [-0.2, -0.15) is 0 Å². The molecule has 4 aromatic rings. The number of halogens is 5. The molecule has 34 heavy (non-hydrogen) atoms. The molecule has 0 aliphatic heterocycles. The first-order chi connectivity index (χ1) is 16.2. The molecule has 0 bridgehead atoms. The Morgan fingerprint density at radius 2 is 1.59 bits per heavy atom. The van der Waals surface area contributed by atoms with E-state index in [2.05, 4.69) is 15.0 Å². The molecule has 0 unspecified atom stereocenters. The van der Waals surface area contributed by atoms with E-state index in [-0.39, 0.29) is 18.0 Å². The number of benzene rings is 3. The van der Waals surface area contributed by atoms with Crippen LogP contribution in [0.3, 0.4) is 0 Å². The summed E-state index contributed by atoms with van der Waals surface area (Å²) in [5, 5.41) is 2.69. The molecule has 0 atom stereocenters. The van der Waals surface area contributed by atoms with Gasteiger partial charge in [-0.1, -0.05) is 30.3 Å². The van der Waals surface area contributed by atoms with Gasteiger partial charge in [-0.25, -0.2) is 13.8 Å². The lowest BCUT2D eigenvalue weighted by atomic mass is 10.1. The molecule has 3 aromatic carbocycles. The van der Waals surface area contributed by atoms with Crippen molar-refractivity contribution < 1.29 is 31.5 Å². The number of carbonyl (C=O) groups excluding carboxylic acids is 1. The maximum atomic E-state index is 13.5. The van der Waals surface area contributed by atoms with Crippen molar-refractivity contribution in [3.8, 4) is 22.6 Å². The number of imidazole rings is 1. The standard InChI is InChI=1S/C24H16F5N3O2/c25-20-10-5-17(11-21(20)26)16-3-6-18(7-4-16)32-14-30-13-22(32)23(33)31-12-15-1-8-19(9-2-15)34-24(27,28)29/h1-11,13-14H,12H2,(H,31,33). The Bertz CT molecular complexity index is 1300. The molecule has 1 amide bonds. The minimum Gasteiger partial charge on any atom is -0.406 e. The largest absolute Gasteiger partial charge is 0.573 e. The predicted octanol–water partition coefficient (Wildman–Crippen LogP) is 5.65. The summed E-state index contributed by atoms with van der Waals surface area (Å²) in [5.41, 5.74) is 2.58. The second kappa shape index (κ2) is 9.34. The summed E-state index contributed by atoms with van der Waals surface area (Å²) in [6.45, 7) is 0.0748. The van der Waals surface area contributed by atoms with E-state index in [1.165, 1.54) is 30.7 Å². The number of amides is 1. The molecule has 0 spiro atoms. The van der Waals surface area contributed by atoms with Crippen LogP contribution >= 0.6 is 0 Å². The van der Waals surface area contributed by atoms with Gasteiger partial charge in [0.2, 0.25) is 0 Å². The lowest BCUT2D eigenvalue weighted by Crippen LogP contribution is -2.25. The van der Waals surface area contributed by atoms with Crippen LogP contribution in [0.25, 0.3) is 16.8 Å². The summed E-state index contributed by atoms with van der Waals surface area (Å²) in [7, 11) is 0. The van der Waals surface area contributed by atoms with E-state index in [4.69, 9.17) is 0 Å². The van der Waals surface area contributed by atoms with Crippen molar-refractivity contribution in [2.45, 2.75) is 12.9 Å². The number of nitrogens with zero attached hydrogens (tertiary/aromatic N) is 2. The first-order valence-electron chi connectivity index (χ1n) is 9.91. The first-order valence-corrected chi connectivity index (χ1v) is 9.91. The third kappa shape index (κ3) is 5.40. The van der Waals surface area contributed by atoms with Crippen LogP contribution in [0, 0.1) is 11.6 Å². The maximum absolute atomic E-state index is 13.5. The van der Waals surface area contributed by atoms with E-state index < -0.39 is 23.9 Å². The Morgan fingerprint density at radius 3 is 2.24 bits per heavy atom. The van der Waals surface area contributed by atoms with Crippen molar-refractivity contribution in [2.75, 3.05) is 0 Å². The van der Waals surface area contributed by atoms with Crippen molar-refractivity contribution in [3.63, 3.8) is 0 Å².